The first kappa shape index (κ1) is 12.9. The lowest BCUT2D eigenvalue weighted by Crippen LogP contribution is -1.95. The first-order valence-corrected chi connectivity index (χ1v) is 5.04. The van der Waals surface area contributed by atoms with Crippen molar-refractivity contribution in [2.45, 2.75) is 0 Å². The van der Waals surface area contributed by atoms with Crippen LogP contribution in [-0.2, 0) is 0 Å². The standard InChI is InChI=1S/C12H6F3NO3/c13-7-1-4-12(11(5-7)16(17)18)19-8-2-3-9(14)10(15)6-8/h1-6H. The van der Waals surface area contributed by atoms with Gasteiger partial charge in [-0.1, -0.05) is 0 Å². The predicted octanol–water partition coefficient (Wildman–Crippen LogP) is 3.80. The second-order valence-corrected chi connectivity index (χ2v) is 3.55. The third kappa shape index (κ3) is 2.82. The van der Waals surface area contributed by atoms with E-state index in [1.165, 1.54) is 0 Å². The maximum absolute atomic E-state index is 13.0. The van der Waals surface area contributed by atoms with Crippen LogP contribution in [0.3, 0.4) is 0 Å². The van der Waals surface area contributed by atoms with E-state index in [9.17, 15) is 23.3 Å². The number of benzene rings is 2. The Balaban J connectivity index is 2.37. The summed E-state index contributed by atoms with van der Waals surface area (Å²) in [7, 11) is 0. The average Bonchev–Trinajstić information content (AvgIpc) is 2.36. The number of hydrogen-bond donors (Lipinski definition) is 0. The Bertz CT molecular complexity index is 646. The third-order valence-corrected chi connectivity index (χ3v) is 2.24. The van der Waals surface area contributed by atoms with Gasteiger partial charge in [0.1, 0.15) is 11.6 Å². The number of rotatable bonds is 3. The molecule has 0 heterocycles. The molecule has 0 spiro atoms. The van der Waals surface area contributed by atoms with E-state index >= 15 is 0 Å². The summed E-state index contributed by atoms with van der Waals surface area (Å²) in [6, 6.07) is 5.33. The van der Waals surface area contributed by atoms with E-state index in [1.807, 2.05) is 0 Å². The smallest absolute Gasteiger partial charge is 0.314 e. The molecule has 0 atom stereocenters. The zero-order valence-electron chi connectivity index (χ0n) is 9.27. The number of ether oxygens (including phenoxy) is 1. The molecule has 0 saturated carbocycles. The van der Waals surface area contributed by atoms with Crippen LogP contribution >= 0.6 is 0 Å². The van der Waals surface area contributed by atoms with Crippen LogP contribution in [0.25, 0.3) is 0 Å². The molecule has 0 bridgehead atoms. The van der Waals surface area contributed by atoms with Gasteiger partial charge in [-0.3, -0.25) is 10.1 Å². The third-order valence-electron chi connectivity index (χ3n) is 2.24. The van der Waals surface area contributed by atoms with Gasteiger partial charge < -0.3 is 4.74 Å². The summed E-state index contributed by atoms with van der Waals surface area (Å²) in [6.45, 7) is 0. The Kier molecular flexibility index (Phi) is 3.37. The SMILES string of the molecule is O=[N+]([O-])c1cc(F)ccc1Oc1ccc(F)c(F)c1. The monoisotopic (exact) mass is 269 g/mol. The van der Waals surface area contributed by atoms with Crippen LogP contribution in [0.15, 0.2) is 36.4 Å². The van der Waals surface area contributed by atoms with E-state index < -0.39 is 28.1 Å². The molecule has 7 heteroatoms. The minimum absolute atomic E-state index is 0.131. The topological polar surface area (TPSA) is 52.4 Å². The van der Waals surface area contributed by atoms with Crippen molar-refractivity contribution in [3.05, 3.63) is 64.0 Å². The van der Waals surface area contributed by atoms with E-state index in [2.05, 4.69) is 0 Å². The Labute approximate surface area is 105 Å². The molecule has 2 aromatic carbocycles. The molecule has 2 aromatic rings. The van der Waals surface area contributed by atoms with Crippen molar-refractivity contribution < 1.29 is 22.8 Å². The van der Waals surface area contributed by atoms with Crippen LogP contribution in [0.5, 0.6) is 11.5 Å². The highest BCUT2D eigenvalue weighted by Crippen LogP contribution is 2.32. The maximum Gasteiger partial charge on any atom is 0.314 e. The van der Waals surface area contributed by atoms with Crippen molar-refractivity contribution in [3.63, 3.8) is 0 Å². The summed E-state index contributed by atoms with van der Waals surface area (Å²) in [6.07, 6.45) is 0. The lowest BCUT2D eigenvalue weighted by molar-refractivity contribution is -0.385. The molecule has 0 aromatic heterocycles. The lowest BCUT2D eigenvalue weighted by Gasteiger charge is -2.06. The van der Waals surface area contributed by atoms with Crippen LogP contribution in [0.2, 0.25) is 0 Å². The van der Waals surface area contributed by atoms with E-state index in [4.69, 9.17) is 4.74 Å². The summed E-state index contributed by atoms with van der Waals surface area (Å²) in [5.74, 6) is -3.42. The molecule has 0 saturated heterocycles. The number of hydrogen-bond acceptors (Lipinski definition) is 3. The van der Waals surface area contributed by atoms with Gasteiger partial charge in [-0.2, -0.15) is 0 Å². The van der Waals surface area contributed by atoms with Gasteiger partial charge in [0, 0.05) is 6.07 Å². The quantitative estimate of drug-likeness (QED) is 0.629. The highest BCUT2D eigenvalue weighted by Gasteiger charge is 2.17. The van der Waals surface area contributed by atoms with Gasteiger partial charge in [-0.15, -0.1) is 0 Å². The van der Waals surface area contributed by atoms with Gasteiger partial charge in [0.25, 0.3) is 0 Å². The first-order valence-electron chi connectivity index (χ1n) is 5.04. The molecule has 0 fully saturated rings. The lowest BCUT2D eigenvalue weighted by atomic mass is 10.3. The summed E-state index contributed by atoms with van der Waals surface area (Å²) in [5.41, 5.74) is -0.607. The second-order valence-electron chi connectivity index (χ2n) is 3.55. The molecule has 0 aliphatic heterocycles. The molecule has 0 radical (unpaired) electrons. The van der Waals surface area contributed by atoms with Gasteiger partial charge in [0.2, 0.25) is 5.75 Å². The van der Waals surface area contributed by atoms with Crippen molar-refractivity contribution in [2.75, 3.05) is 0 Å². The van der Waals surface area contributed by atoms with Gasteiger partial charge in [-0.05, 0) is 24.3 Å². The van der Waals surface area contributed by atoms with Gasteiger partial charge in [0.15, 0.2) is 11.6 Å². The fraction of sp³-hybridized carbons (Fsp3) is 0. The molecule has 19 heavy (non-hydrogen) atoms. The summed E-state index contributed by atoms with van der Waals surface area (Å²) in [4.78, 5) is 9.88. The number of halogens is 3. The van der Waals surface area contributed by atoms with Gasteiger partial charge >= 0.3 is 5.69 Å². The van der Waals surface area contributed by atoms with Crippen molar-refractivity contribution in [1.29, 1.82) is 0 Å². The number of nitro groups is 1. The Morgan fingerprint density at radius 3 is 2.37 bits per heavy atom. The molecule has 98 valence electrons. The van der Waals surface area contributed by atoms with E-state index in [-0.39, 0.29) is 11.5 Å². The van der Waals surface area contributed by atoms with Crippen molar-refractivity contribution >= 4 is 5.69 Å². The maximum atomic E-state index is 13.0. The first-order chi connectivity index (χ1) is 8.97. The van der Waals surface area contributed by atoms with E-state index in [0.717, 1.165) is 30.3 Å². The van der Waals surface area contributed by atoms with Crippen LogP contribution in [-0.4, -0.2) is 4.92 Å². The van der Waals surface area contributed by atoms with Crippen molar-refractivity contribution in [1.82, 2.24) is 0 Å². The molecular formula is C12H6F3NO3. The van der Waals surface area contributed by atoms with Crippen molar-refractivity contribution in [2.24, 2.45) is 0 Å². The summed E-state index contributed by atoms with van der Waals surface area (Å²) < 4.78 is 43.6. The zero-order chi connectivity index (χ0) is 14.0. The van der Waals surface area contributed by atoms with Gasteiger partial charge in [0.05, 0.1) is 11.0 Å². The van der Waals surface area contributed by atoms with Crippen LogP contribution in [0, 0.1) is 27.6 Å². The molecule has 2 rings (SSSR count). The molecule has 4 nitrogen and oxygen atoms in total. The summed E-state index contributed by atoms with van der Waals surface area (Å²) in [5, 5.41) is 10.7. The Morgan fingerprint density at radius 1 is 1.00 bits per heavy atom. The molecule has 0 aliphatic rings. The fourth-order valence-corrected chi connectivity index (χ4v) is 1.39. The Hall–Kier alpha value is -2.57. The van der Waals surface area contributed by atoms with Crippen LogP contribution in [0.4, 0.5) is 18.9 Å². The predicted molar refractivity (Wildman–Crippen MR) is 59.5 cm³/mol. The average molecular weight is 269 g/mol. The van der Waals surface area contributed by atoms with Gasteiger partial charge in [-0.25, -0.2) is 13.2 Å². The van der Waals surface area contributed by atoms with E-state index in [1.54, 1.807) is 0 Å². The van der Waals surface area contributed by atoms with Crippen molar-refractivity contribution in [3.8, 4) is 11.5 Å². The largest absolute Gasteiger partial charge is 0.450 e. The molecule has 0 unspecified atom stereocenters. The summed E-state index contributed by atoms with van der Waals surface area (Å²) >= 11 is 0. The molecular weight excluding hydrogens is 263 g/mol. The number of nitrogens with zero attached hydrogens (tertiary/aromatic N) is 1. The molecule has 0 amide bonds. The second kappa shape index (κ2) is 4.97. The highest BCUT2D eigenvalue weighted by atomic mass is 19.2. The number of nitro benzene ring substituents is 1. The van der Waals surface area contributed by atoms with Crippen LogP contribution < -0.4 is 4.74 Å². The minimum atomic E-state index is -1.15. The minimum Gasteiger partial charge on any atom is -0.450 e. The Morgan fingerprint density at radius 2 is 1.74 bits per heavy atom. The van der Waals surface area contributed by atoms with Crippen LogP contribution in [0.1, 0.15) is 0 Å². The molecule has 0 aliphatic carbocycles. The van der Waals surface area contributed by atoms with E-state index in [0.29, 0.717) is 6.07 Å². The zero-order valence-corrected chi connectivity index (χ0v) is 9.27. The highest BCUT2D eigenvalue weighted by molar-refractivity contribution is 5.48. The fourth-order valence-electron chi connectivity index (χ4n) is 1.39. The molecule has 0 N–H and O–H groups in total. The normalized spacial score (nSPS) is 10.3.